The number of hydrogen-bond acceptors (Lipinski definition) is 2. The van der Waals surface area contributed by atoms with Gasteiger partial charge in [-0.2, -0.15) is 0 Å². The molecule has 3 atom stereocenters. The molecule has 2 aliphatic rings. The van der Waals surface area contributed by atoms with Gasteiger partial charge in [0.05, 0.1) is 0 Å². The minimum absolute atomic E-state index is 0.576. The highest BCUT2D eigenvalue weighted by molar-refractivity contribution is 9.10. The number of hydrogen-bond donors (Lipinski definition) is 1. The van der Waals surface area contributed by atoms with Gasteiger partial charge in [0, 0.05) is 15.4 Å². The molecule has 1 aromatic heterocycles. The zero-order chi connectivity index (χ0) is 10.4. The maximum absolute atomic E-state index is 3.65. The molecule has 82 valence electrons. The third-order valence-electron chi connectivity index (χ3n) is 3.99. The number of halogens is 1. The van der Waals surface area contributed by atoms with Crippen LogP contribution in [0.15, 0.2) is 15.9 Å². The fourth-order valence-electron chi connectivity index (χ4n) is 3.14. The monoisotopic (exact) mass is 285 g/mol. The standard InChI is InChI=1S/C12H16BrNS/c1-14-11(12-10(13)2-3-15-12)9-5-7-4-8(7)6-9/h2-3,7-9,11,14H,4-6H2,1H3. The molecule has 0 bridgehead atoms. The fourth-order valence-corrected chi connectivity index (χ4v) is 4.96. The predicted octanol–water partition coefficient (Wildman–Crippen LogP) is 3.82. The van der Waals surface area contributed by atoms with E-state index in [1.54, 1.807) is 0 Å². The van der Waals surface area contributed by atoms with Gasteiger partial charge in [-0.25, -0.2) is 0 Å². The summed E-state index contributed by atoms with van der Waals surface area (Å²) in [6.45, 7) is 0. The Labute approximate surface area is 103 Å². The maximum atomic E-state index is 3.65. The average Bonchev–Trinajstić information content (AvgIpc) is 2.65. The summed E-state index contributed by atoms with van der Waals surface area (Å²) in [4.78, 5) is 1.49. The zero-order valence-corrected chi connectivity index (χ0v) is 11.3. The van der Waals surface area contributed by atoms with Crippen molar-refractivity contribution >= 4 is 27.3 Å². The van der Waals surface area contributed by atoms with Crippen molar-refractivity contribution < 1.29 is 0 Å². The zero-order valence-electron chi connectivity index (χ0n) is 8.87. The van der Waals surface area contributed by atoms with Crippen LogP contribution in [0.1, 0.15) is 30.2 Å². The molecule has 1 aromatic rings. The number of fused-ring (bicyclic) bond motifs is 1. The van der Waals surface area contributed by atoms with E-state index in [4.69, 9.17) is 0 Å². The summed E-state index contributed by atoms with van der Waals surface area (Å²) in [5.41, 5.74) is 0. The minimum Gasteiger partial charge on any atom is -0.312 e. The van der Waals surface area contributed by atoms with Gasteiger partial charge in [0.1, 0.15) is 0 Å². The summed E-state index contributed by atoms with van der Waals surface area (Å²) in [5, 5.41) is 5.69. The van der Waals surface area contributed by atoms with Gasteiger partial charge < -0.3 is 5.32 Å². The Balaban J connectivity index is 1.79. The molecular weight excluding hydrogens is 270 g/mol. The highest BCUT2D eigenvalue weighted by Crippen LogP contribution is 2.57. The van der Waals surface area contributed by atoms with Gasteiger partial charge in [-0.3, -0.25) is 0 Å². The first-order valence-electron chi connectivity index (χ1n) is 5.69. The first-order chi connectivity index (χ1) is 7.29. The lowest BCUT2D eigenvalue weighted by atomic mass is 9.93. The minimum atomic E-state index is 0.576. The van der Waals surface area contributed by atoms with Gasteiger partial charge in [-0.05, 0) is 71.4 Å². The van der Waals surface area contributed by atoms with Crippen LogP contribution in [0.2, 0.25) is 0 Å². The van der Waals surface area contributed by atoms with Crippen molar-refractivity contribution in [2.45, 2.75) is 25.3 Å². The summed E-state index contributed by atoms with van der Waals surface area (Å²) in [7, 11) is 2.10. The van der Waals surface area contributed by atoms with Gasteiger partial charge in [0.15, 0.2) is 0 Å². The van der Waals surface area contributed by atoms with Crippen LogP contribution in [0.25, 0.3) is 0 Å². The van der Waals surface area contributed by atoms with Gasteiger partial charge in [0.25, 0.3) is 0 Å². The van der Waals surface area contributed by atoms with Crippen molar-refractivity contribution in [3.63, 3.8) is 0 Å². The Bertz CT molecular complexity index is 352. The van der Waals surface area contributed by atoms with Crippen molar-refractivity contribution in [2.75, 3.05) is 7.05 Å². The van der Waals surface area contributed by atoms with E-state index < -0.39 is 0 Å². The van der Waals surface area contributed by atoms with Crippen LogP contribution in [0, 0.1) is 17.8 Å². The van der Waals surface area contributed by atoms with Crippen molar-refractivity contribution in [2.24, 2.45) is 17.8 Å². The molecule has 15 heavy (non-hydrogen) atoms. The van der Waals surface area contributed by atoms with Crippen LogP contribution in [-0.4, -0.2) is 7.05 Å². The lowest BCUT2D eigenvalue weighted by Crippen LogP contribution is -2.23. The van der Waals surface area contributed by atoms with Crippen molar-refractivity contribution in [1.29, 1.82) is 0 Å². The molecule has 0 amide bonds. The molecule has 1 N–H and O–H groups in total. The average molecular weight is 286 g/mol. The van der Waals surface area contributed by atoms with Crippen molar-refractivity contribution in [3.8, 4) is 0 Å². The molecule has 0 aromatic carbocycles. The second kappa shape index (κ2) is 3.86. The first-order valence-corrected chi connectivity index (χ1v) is 7.37. The molecule has 2 saturated carbocycles. The summed E-state index contributed by atoms with van der Waals surface area (Å²) in [6.07, 6.45) is 4.40. The van der Waals surface area contributed by atoms with Crippen LogP contribution < -0.4 is 5.32 Å². The SMILES string of the molecule is CNC(c1sccc1Br)C1CC2CC2C1. The van der Waals surface area contributed by atoms with E-state index in [9.17, 15) is 0 Å². The summed E-state index contributed by atoms with van der Waals surface area (Å²) < 4.78 is 1.28. The third-order valence-corrected chi connectivity index (χ3v) is 5.94. The van der Waals surface area contributed by atoms with E-state index in [-0.39, 0.29) is 0 Å². The van der Waals surface area contributed by atoms with Gasteiger partial charge in [0.2, 0.25) is 0 Å². The number of nitrogens with one attached hydrogen (secondary N) is 1. The molecule has 1 heterocycles. The summed E-state index contributed by atoms with van der Waals surface area (Å²) in [6, 6.07) is 2.74. The maximum Gasteiger partial charge on any atom is 0.0452 e. The largest absolute Gasteiger partial charge is 0.312 e. The Morgan fingerprint density at radius 2 is 2.13 bits per heavy atom. The third kappa shape index (κ3) is 1.79. The first kappa shape index (κ1) is 10.3. The summed E-state index contributed by atoms with van der Waals surface area (Å²) in [5.74, 6) is 3.02. The van der Waals surface area contributed by atoms with E-state index in [2.05, 4.69) is 39.7 Å². The molecular formula is C12H16BrNS. The van der Waals surface area contributed by atoms with Crippen LogP contribution >= 0.6 is 27.3 Å². The van der Waals surface area contributed by atoms with Crippen LogP contribution in [0.3, 0.4) is 0 Å². The lowest BCUT2D eigenvalue weighted by Gasteiger charge is -2.23. The van der Waals surface area contributed by atoms with E-state index in [0.29, 0.717) is 6.04 Å². The molecule has 0 saturated heterocycles. The molecule has 3 unspecified atom stereocenters. The van der Waals surface area contributed by atoms with Crippen molar-refractivity contribution in [1.82, 2.24) is 5.32 Å². The predicted molar refractivity (Wildman–Crippen MR) is 68.1 cm³/mol. The molecule has 2 aliphatic carbocycles. The number of thiophene rings is 1. The Morgan fingerprint density at radius 3 is 2.67 bits per heavy atom. The molecule has 0 radical (unpaired) electrons. The normalized spacial score (nSPS) is 35.2. The van der Waals surface area contributed by atoms with Crippen LogP contribution in [-0.2, 0) is 0 Å². The molecule has 3 heteroatoms. The fraction of sp³-hybridized carbons (Fsp3) is 0.667. The Morgan fingerprint density at radius 1 is 1.40 bits per heavy atom. The molecule has 0 aliphatic heterocycles. The summed E-state index contributed by atoms with van der Waals surface area (Å²) >= 11 is 5.53. The molecule has 2 fully saturated rings. The van der Waals surface area contributed by atoms with E-state index >= 15 is 0 Å². The Hall–Kier alpha value is 0.140. The van der Waals surface area contributed by atoms with Crippen LogP contribution in [0.5, 0.6) is 0 Å². The molecule has 1 nitrogen and oxygen atoms in total. The van der Waals surface area contributed by atoms with E-state index in [0.717, 1.165) is 17.8 Å². The quantitative estimate of drug-likeness (QED) is 0.890. The molecule has 3 rings (SSSR count). The lowest BCUT2D eigenvalue weighted by molar-refractivity contribution is 0.363. The van der Waals surface area contributed by atoms with E-state index in [1.807, 2.05) is 11.3 Å². The van der Waals surface area contributed by atoms with Crippen LogP contribution in [0.4, 0.5) is 0 Å². The molecule has 0 spiro atoms. The van der Waals surface area contributed by atoms with E-state index in [1.165, 1.54) is 28.6 Å². The second-order valence-electron chi connectivity index (χ2n) is 4.89. The van der Waals surface area contributed by atoms with Crippen molar-refractivity contribution in [3.05, 3.63) is 20.8 Å². The van der Waals surface area contributed by atoms with Gasteiger partial charge in [-0.1, -0.05) is 0 Å². The van der Waals surface area contributed by atoms with Gasteiger partial charge >= 0.3 is 0 Å². The number of rotatable bonds is 3. The highest BCUT2D eigenvalue weighted by Gasteiger charge is 2.48. The Kier molecular flexibility index (Phi) is 2.65. The topological polar surface area (TPSA) is 12.0 Å². The second-order valence-corrected chi connectivity index (χ2v) is 6.69. The smallest absolute Gasteiger partial charge is 0.0452 e. The highest BCUT2D eigenvalue weighted by atomic mass is 79.9. The van der Waals surface area contributed by atoms with Gasteiger partial charge in [-0.15, -0.1) is 11.3 Å².